The second-order valence-corrected chi connectivity index (χ2v) is 8.49. The lowest BCUT2D eigenvalue weighted by molar-refractivity contribution is 0.0322. The average Bonchev–Trinajstić information content (AvgIpc) is 2.82. The molecule has 1 N–H and O–H groups in total. The topological polar surface area (TPSA) is 54.0 Å². The van der Waals surface area contributed by atoms with Gasteiger partial charge in [0.05, 0.1) is 13.2 Å². The van der Waals surface area contributed by atoms with Crippen molar-refractivity contribution in [2.24, 2.45) is 0 Å². The predicted molar refractivity (Wildman–Crippen MR) is 128 cm³/mol. The first-order chi connectivity index (χ1) is 15.5. The lowest BCUT2D eigenvalue weighted by Crippen LogP contribution is -2.38. The van der Waals surface area contributed by atoms with Gasteiger partial charge in [-0.1, -0.05) is 31.2 Å². The number of ether oxygens (including phenoxy) is 2. The molecule has 0 spiro atoms. The summed E-state index contributed by atoms with van der Waals surface area (Å²) in [6, 6.07) is 16.3. The molecule has 1 saturated heterocycles. The van der Waals surface area contributed by atoms with Gasteiger partial charge in [0, 0.05) is 44.3 Å². The zero-order valence-electron chi connectivity index (χ0n) is 19.7. The molecule has 174 valence electrons. The highest BCUT2D eigenvalue weighted by molar-refractivity contribution is 5.94. The van der Waals surface area contributed by atoms with Crippen molar-refractivity contribution in [3.8, 4) is 5.75 Å². The number of benzene rings is 2. The first kappa shape index (κ1) is 24.2. The van der Waals surface area contributed by atoms with Gasteiger partial charge in [0.15, 0.2) is 0 Å². The minimum atomic E-state index is -0.0635. The molecular weight excluding hydrogens is 402 g/mol. The summed E-state index contributed by atoms with van der Waals surface area (Å²) in [6.07, 6.45) is 0. The van der Waals surface area contributed by atoms with Crippen molar-refractivity contribution < 1.29 is 14.3 Å². The van der Waals surface area contributed by atoms with Crippen LogP contribution < -0.4 is 10.1 Å². The quantitative estimate of drug-likeness (QED) is 0.580. The fraction of sp³-hybridized carbons (Fsp3) is 0.500. The number of carbonyl (C=O) groups is 1. The molecule has 1 aliphatic rings. The van der Waals surface area contributed by atoms with Crippen LogP contribution in [0.3, 0.4) is 0 Å². The summed E-state index contributed by atoms with van der Waals surface area (Å²) >= 11 is 0. The van der Waals surface area contributed by atoms with Crippen molar-refractivity contribution in [1.29, 1.82) is 0 Å². The van der Waals surface area contributed by atoms with Gasteiger partial charge in [-0.15, -0.1) is 0 Å². The number of carbonyl (C=O) groups excluding carboxylic acids is 1. The van der Waals surface area contributed by atoms with E-state index >= 15 is 0 Å². The zero-order chi connectivity index (χ0) is 22.8. The summed E-state index contributed by atoms with van der Waals surface area (Å²) in [7, 11) is 0. The third-order valence-corrected chi connectivity index (χ3v) is 5.87. The molecule has 1 heterocycles. The molecule has 0 unspecified atom stereocenters. The van der Waals surface area contributed by atoms with E-state index in [-0.39, 0.29) is 5.91 Å². The van der Waals surface area contributed by atoms with Crippen molar-refractivity contribution in [3.05, 3.63) is 65.2 Å². The van der Waals surface area contributed by atoms with Crippen molar-refractivity contribution in [3.63, 3.8) is 0 Å². The Morgan fingerprint density at radius 1 is 1.12 bits per heavy atom. The number of nitrogens with one attached hydrogen (secondary N) is 1. The summed E-state index contributed by atoms with van der Waals surface area (Å²) < 4.78 is 11.3. The van der Waals surface area contributed by atoms with Gasteiger partial charge in [-0.2, -0.15) is 0 Å². The van der Waals surface area contributed by atoms with Crippen molar-refractivity contribution in [1.82, 2.24) is 15.1 Å². The van der Waals surface area contributed by atoms with Crippen molar-refractivity contribution in [2.75, 3.05) is 46.0 Å². The molecular formula is C26H37N3O3. The molecule has 0 aromatic heterocycles. The first-order valence-corrected chi connectivity index (χ1v) is 11.7. The van der Waals surface area contributed by atoms with E-state index in [0.717, 1.165) is 57.3 Å². The van der Waals surface area contributed by atoms with Gasteiger partial charge < -0.3 is 14.8 Å². The minimum absolute atomic E-state index is 0.0635. The van der Waals surface area contributed by atoms with Gasteiger partial charge in [-0.3, -0.25) is 14.6 Å². The lowest BCUT2D eigenvalue weighted by atomic mass is 10.1. The molecule has 0 bridgehead atoms. The number of nitrogens with zero attached hydrogens (tertiary/aromatic N) is 2. The summed E-state index contributed by atoms with van der Waals surface area (Å²) in [6.45, 7) is 14.0. The minimum Gasteiger partial charge on any atom is -0.492 e. The van der Waals surface area contributed by atoms with Gasteiger partial charge in [-0.25, -0.2) is 0 Å². The van der Waals surface area contributed by atoms with Crippen LogP contribution in [0.4, 0.5) is 0 Å². The molecule has 1 aliphatic heterocycles. The Labute approximate surface area is 192 Å². The van der Waals surface area contributed by atoms with Gasteiger partial charge >= 0.3 is 0 Å². The molecule has 0 saturated carbocycles. The van der Waals surface area contributed by atoms with Crippen LogP contribution in [0.5, 0.6) is 5.75 Å². The number of morpholine rings is 1. The zero-order valence-corrected chi connectivity index (χ0v) is 19.7. The highest BCUT2D eigenvalue weighted by Crippen LogP contribution is 2.14. The Hall–Kier alpha value is -2.41. The smallest absolute Gasteiger partial charge is 0.251 e. The van der Waals surface area contributed by atoms with Gasteiger partial charge in [0.1, 0.15) is 12.4 Å². The van der Waals surface area contributed by atoms with Gasteiger partial charge in [0.2, 0.25) is 0 Å². The fourth-order valence-corrected chi connectivity index (χ4v) is 3.80. The van der Waals surface area contributed by atoms with Crippen molar-refractivity contribution >= 4 is 5.91 Å². The molecule has 0 atom stereocenters. The van der Waals surface area contributed by atoms with Crippen LogP contribution in [0, 0.1) is 0 Å². The van der Waals surface area contributed by atoms with E-state index in [4.69, 9.17) is 9.47 Å². The molecule has 2 aromatic rings. The van der Waals surface area contributed by atoms with E-state index in [1.807, 2.05) is 48.5 Å². The number of hydrogen-bond donors (Lipinski definition) is 1. The standard InChI is InChI=1S/C26H37N3O3/c1-4-29(21(2)3)20-22-8-10-24(11-9-22)26(30)27-19-23-6-5-7-25(18-23)32-17-14-28-12-15-31-16-13-28/h5-11,18,21H,4,12-17,19-20H2,1-3H3,(H,27,30). The van der Waals surface area contributed by atoms with E-state index in [0.29, 0.717) is 24.8 Å². The van der Waals surface area contributed by atoms with E-state index < -0.39 is 0 Å². The van der Waals surface area contributed by atoms with Crippen molar-refractivity contribution in [2.45, 2.75) is 39.9 Å². The predicted octanol–water partition coefficient (Wildman–Crippen LogP) is 3.56. The van der Waals surface area contributed by atoms with Crippen LogP contribution in [-0.2, 0) is 17.8 Å². The molecule has 0 radical (unpaired) electrons. The monoisotopic (exact) mass is 439 g/mol. The Kier molecular flexibility index (Phi) is 9.53. The Bertz CT molecular complexity index is 832. The maximum Gasteiger partial charge on any atom is 0.251 e. The fourth-order valence-electron chi connectivity index (χ4n) is 3.80. The van der Waals surface area contributed by atoms with Crippen LogP contribution in [0.1, 0.15) is 42.3 Å². The second kappa shape index (κ2) is 12.6. The Balaban J connectivity index is 1.45. The Morgan fingerprint density at radius 2 is 1.88 bits per heavy atom. The normalized spacial score (nSPS) is 14.7. The van der Waals surface area contributed by atoms with Crippen LogP contribution >= 0.6 is 0 Å². The van der Waals surface area contributed by atoms with Crippen LogP contribution in [0.15, 0.2) is 48.5 Å². The summed E-state index contributed by atoms with van der Waals surface area (Å²) in [5, 5.41) is 3.01. The van der Waals surface area contributed by atoms with E-state index in [1.165, 1.54) is 5.56 Å². The number of rotatable bonds is 11. The molecule has 0 aliphatic carbocycles. The maximum absolute atomic E-state index is 12.6. The molecule has 1 amide bonds. The SMILES string of the molecule is CCN(Cc1ccc(C(=O)NCc2cccc(OCCN3CCOCC3)c2)cc1)C(C)C. The second-order valence-electron chi connectivity index (χ2n) is 8.49. The largest absolute Gasteiger partial charge is 0.492 e. The van der Waals surface area contributed by atoms with Gasteiger partial charge in [0.25, 0.3) is 5.91 Å². The summed E-state index contributed by atoms with van der Waals surface area (Å²) in [5.74, 6) is 0.770. The van der Waals surface area contributed by atoms with E-state index in [2.05, 4.69) is 35.9 Å². The van der Waals surface area contributed by atoms with Crippen LogP contribution in [-0.4, -0.2) is 67.7 Å². The molecule has 6 heteroatoms. The highest BCUT2D eigenvalue weighted by Gasteiger charge is 2.11. The summed E-state index contributed by atoms with van der Waals surface area (Å²) in [4.78, 5) is 17.3. The van der Waals surface area contributed by atoms with Gasteiger partial charge in [-0.05, 0) is 55.8 Å². The first-order valence-electron chi connectivity index (χ1n) is 11.7. The average molecular weight is 440 g/mol. The third kappa shape index (κ3) is 7.62. The summed E-state index contributed by atoms with van der Waals surface area (Å²) in [5.41, 5.74) is 2.92. The highest BCUT2D eigenvalue weighted by atomic mass is 16.5. The van der Waals surface area contributed by atoms with E-state index in [1.54, 1.807) is 0 Å². The van der Waals surface area contributed by atoms with Crippen LogP contribution in [0.2, 0.25) is 0 Å². The molecule has 1 fully saturated rings. The molecule has 2 aromatic carbocycles. The number of hydrogen-bond acceptors (Lipinski definition) is 5. The van der Waals surface area contributed by atoms with E-state index in [9.17, 15) is 4.79 Å². The lowest BCUT2D eigenvalue weighted by Gasteiger charge is -2.26. The maximum atomic E-state index is 12.6. The Morgan fingerprint density at radius 3 is 2.56 bits per heavy atom. The molecule has 6 nitrogen and oxygen atoms in total. The molecule has 3 rings (SSSR count). The third-order valence-electron chi connectivity index (χ3n) is 5.87. The van der Waals surface area contributed by atoms with Crippen LogP contribution in [0.25, 0.3) is 0 Å². The number of amides is 1. The molecule has 32 heavy (non-hydrogen) atoms.